The molecule has 0 saturated heterocycles. The van der Waals surface area contributed by atoms with Gasteiger partial charge in [0, 0.05) is 11.9 Å². The SMILES string of the molecule is CC(C)CCn1c(O)c(N=NC(N)=S)c2ccccc21. The van der Waals surface area contributed by atoms with Crippen molar-refractivity contribution in [2.24, 2.45) is 21.9 Å². The summed E-state index contributed by atoms with van der Waals surface area (Å²) in [5, 5.41) is 18.8. The molecule has 0 unspecified atom stereocenters. The molecule has 0 fully saturated rings. The highest BCUT2D eigenvalue weighted by atomic mass is 32.1. The molecule has 1 heterocycles. The minimum atomic E-state index is -0.0524. The van der Waals surface area contributed by atoms with E-state index in [1.54, 1.807) is 0 Å². The van der Waals surface area contributed by atoms with Gasteiger partial charge in [-0.3, -0.25) is 0 Å². The van der Waals surface area contributed by atoms with Crippen LogP contribution in [0.4, 0.5) is 5.69 Å². The van der Waals surface area contributed by atoms with Crippen molar-refractivity contribution in [2.45, 2.75) is 26.8 Å². The molecule has 0 bridgehead atoms. The van der Waals surface area contributed by atoms with Crippen molar-refractivity contribution < 1.29 is 5.11 Å². The predicted molar refractivity (Wildman–Crippen MR) is 84.4 cm³/mol. The molecular formula is C14H18N4OS. The van der Waals surface area contributed by atoms with E-state index in [0.717, 1.165) is 23.9 Å². The Kier molecular flexibility index (Phi) is 4.34. The molecule has 20 heavy (non-hydrogen) atoms. The zero-order chi connectivity index (χ0) is 14.7. The number of hydrogen-bond acceptors (Lipinski definition) is 3. The first-order valence-corrected chi connectivity index (χ1v) is 6.93. The number of aromatic hydroxyl groups is 1. The summed E-state index contributed by atoms with van der Waals surface area (Å²) in [7, 11) is 0. The maximum Gasteiger partial charge on any atom is 0.220 e. The standard InChI is InChI=1S/C14H18N4OS/c1-9(2)7-8-18-11-6-4-3-5-10(11)12(13(18)19)16-17-14(15)20/h3-6,9,19H,7-8H2,1-2H3,(H2,15,20). The van der Waals surface area contributed by atoms with Crippen LogP contribution in [0, 0.1) is 5.92 Å². The topological polar surface area (TPSA) is 75.9 Å². The Morgan fingerprint density at radius 3 is 2.75 bits per heavy atom. The van der Waals surface area contributed by atoms with Crippen LogP contribution in [-0.4, -0.2) is 14.8 Å². The van der Waals surface area contributed by atoms with Gasteiger partial charge in [-0.25, -0.2) is 0 Å². The largest absolute Gasteiger partial charge is 0.493 e. The van der Waals surface area contributed by atoms with Crippen LogP contribution in [-0.2, 0) is 6.54 Å². The van der Waals surface area contributed by atoms with Crippen molar-refractivity contribution in [3.05, 3.63) is 24.3 Å². The second-order valence-corrected chi connectivity index (χ2v) is 5.48. The molecule has 5 nitrogen and oxygen atoms in total. The minimum Gasteiger partial charge on any atom is -0.493 e. The number of para-hydroxylation sites is 1. The molecule has 0 aliphatic rings. The fourth-order valence-electron chi connectivity index (χ4n) is 2.08. The van der Waals surface area contributed by atoms with Gasteiger partial charge >= 0.3 is 0 Å². The molecule has 6 heteroatoms. The van der Waals surface area contributed by atoms with Gasteiger partial charge in [0.2, 0.25) is 11.0 Å². The molecule has 3 N–H and O–H groups in total. The van der Waals surface area contributed by atoms with Crippen LogP contribution >= 0.6 is 12.2 Å². The van der Waals surface area contributed by atoms with E-state index in [4.69, 9.17) is 5.73 Å². The van der Waals surface area contributed by atoms with E-state index >= 15 is 0 Å². The lowest BCUT2D eigenvalue weighted by Crippen LogP contribution is -2.01. The number of nitrogens with two attached hydrogens (primary N) is 1. The Bertz CT molecular complexity index is 660. The summed E-state index contributed by atoms with van der Waals surface area (Å²) in [4.78, 5) is 0. The van der Waals surface area contributed by atoms with Crippen LogP contribution in [0.3, 0.4) is 0 Å². The maximum atomic E-state index is 10.4. The van der Waals surface area contributed by atoms with Crippen molar-refractivity contribution in [3.8, 4) is 5.88 Å². The number of benzene rings is 1. The van der Waals surface area contributed by atoms with E-state index in [-0.39, 0.29) is 11.0 Å². The van der Waals surface area contributed by atoms with Crippen LogP contribution in [0.1, 0.15) is 20.3 Å². The first-order valence-electron chi connectivity index (χ1n) is 6.52. The first kappa shape index (κ1) is 14.5. The highest BCUT2D eigenvalue weighted by molar-refractivity contribution is 7.80. The third-order valence-electron chi connectivity index (χ3n) is 3.10. The summed E-state index contributed by atoms with van der Waals surface area (Å²) in [6.45, 7) is 5.03. The predicted octanol–water partition coefficient (Wildman–Crippen LogP) is 3.72. The Labute approximate surface area is 123 Å². The molecule has 1 aromatic heterocycles. The van der Waals surface area contributed by atoms with E-state index in [2.05, 4.69) is 36.3 Å². The molecule has 1 aromatic carbocycles. The van der Waals surface area contributed by atoms with Crippen LogP contribution in [0.2, 0.25) is 0 Å². The molecule has 2 rings (SSSR count). The molecule has 0 spiro atoms. The number of rotatable bonds is 4. The zero-order valence-corrected chi connectivity index (χ0v) is 12.4. The van der Waals surface area contributed by atoms with Gasteiger partial charge in [-0.2, -0.15) is 0 Å². The highest BCUT2D eigenvalue weighted by Crippen LogP contribution is 2.39. The summed E-state index contributed by atoms with van der Waals surface area (Å²) in [6, 6.07) is 7.68. The summed E-state index contributed by atoms with van der Waals surface area (Å²) in [6.07, 6.45) is 0.970. The lowest BCUT2D eigenvalue weighted by molar-refractivity contribution is 0.407. The minimum absolute atomic E-state index is 0.0524. The quantitative estimate of drug-likeness (QED) is 0.665. The van der Waals surface area contributed by atoms with Crippen LogP contribution < -0.4 is 5.73 Å². The fourth-order valence-corrected chi connectivity index (χ4v) is 2.12. The molecule has 0 atom stereocenters. The molecular weight excluding hydrogens is 272 g/mol. The summed E-state index contributed by atoms with van der Waals surface area (Å²) in [5.41, 5.74) is 6.67. The average Bonchev–Trinajstić information content (AvgIpc) is 2.66. The molecule has 106 valence electrons. The Morgan fingerprint density at radius 2 is 2.10 bits per heavy atom. The number of aryl methyl sites for hydroxylation is 1. The maximum absolute atomic E-state index is 10.4. The molecule has 2 aromatic rings. The van der Waals surface area contributed by atoms with E-state index in [0.29, 0.717) is 11.6 Å². The van der Waals surface area contributed by atoms with Gasteiger partial charge in [0.25, 0.3) is 0 Å². The second-order valence-electron chi connectivity index (χ2n) is 5.06. The second kappa shape index (κ2) is 6.00. The normalized spacial score (nSPS) is 11.8. The monoisotopic (exact) mass is 290 g/mol. The molecule has 0 saturated carbocycles. The number of aromatic nitrogens is 1. The number of thiocarbonyl (C=S) groups is 1. The van der Waals surface area contributed by atoms with Crippen molar-refractivity contribution in [1.29, 1.82) is 0 Å². The zero-order valence-electron chi connectivity index (χ0n) is 11.6. The summed E-state index contributed by atoms with van der Waals surface area (Å²) < 4.78 is 1.85. The average molecular weight is 290 g/mol. The molecule has 0 radical (unpaired) electrons. The number of azo groups is 1. The van der Waals surface area contributed by atoms with Crippen LogP contribution in [0.5, 0.6) is 5.88 Å². The number of nitrogens with zero attached hydrogens (tertiary/aromatic N) is 3. The van der Waals surface area contributed by atoms with Gasteiger partial charge in [0.1, 0.15) is 0 Å². The molecule has 0 aliphatic carbocycles. The third-order valence-corrected chi connectivity index (χ3v) is 3.18. The van der Waals surface area contributed by atoms with Crippen molar-refractivity contribution in [2.75, 3.05) is 0 Å². The van der Waals surface area contributed by atoms with Gasteiger partial charge in [-0.05, 0) is 30.6 Å². The Hall–Kier alpha value is -1.95. The highest BCUT2D eigenvalue weighted by Gasteiger charge is 2.16. The first-order chi connectivity index (χ1) is 9.50. The van der Waals surface area contributed by atoms with Crippen LogP contribution in [0.25, 0.3) is 10.9 Å². The Balaban J connectivity index is 2.52. The van der Waals surface area contributed by atoms with Crippen molar-refractivity contribution in [3.63, 3.8) is 0 Å². The van der Waals surface area contributed by atoms with Gasteiger partial charge in [-0.15, -0.1) is 10.2 Å². The van der Waals surface area contributed by atoms with Crippen molar-refractivity contribution in [1.82, 2.24) is 4.57 Å². The molecule has 0 amide bonds. The summed E-state index contributed by atoms with van der Waals surface area (Å²) >= 11 is 4.68. The Morgan fingerprint density at radius 1 is 1.40 bits per heavy atom. The van der Waals surface area contributed by atoms with Crippen LogP contribution in [0.15, 0.2) is 34.5 Å². The van der Waals surface area contributed by atoms with E-state index < -0.39 is 0 Å². The van der Waals surface area contributed by atoms with E-state index in [1.165, 1.54) is 0 Å². The summed E-state index contributed by atoms with van der Waals surface area (Å²) in [5.74, 6) is 0.657. The molecule has 0 aliphatic heterocycles. The number of hydrogen-bond donors (Lipinski definition) is 2. The van der Waals surface area contributed by atoms with Gasteiger partial charge < -0.3 is 15.4 Å². The number of fused-ring (bicyclic) bond motifs is 1. The van der Waals surface area contributed by atoms with Gasteiger partial charge in [0.05, 0.1) is 5.52 Å². The van der Waals surface area contributed by atoms with Crippen molar-refractivity contribution >= 4 is 33.9 Å². The van der Waals surface area contributed by atoms with Gasteiger partial charge in [-0.1, -0.05) is 32.0 Å². The lowest BCUT2D eigenvalue weighted by atomic mass is 10.1. The fraction of sp³-hybridized carbons (Fsp3) is 0.357. The lowest BCUT2D eigenvalue weighted by Gasteiger charge is -2.08. The van der Waals surface area contributed by atoms with Gasteiger partial charge in [0.15, 0.2) is 5.69 Å². The smallest absolute Gasteiger partial charge is 0.220 e. The van der Waals surface area contributed by atoms with E-state index in [9.17, 15) is 5.11 Å². The van der Waals surface area contributed by atoms with E-state index in [1.807, 2.05) is 28.8 Å². The third kappa shape index (κ3) is 2.96.